The first-order valence-electron chi connectivity index (χ1n) is 6.82. The minimum Gasteiger partial charge on any atom is -0.487 e. The molecule has 18 heavy (non-hydrogen) atoms. The molecule has 1 heterocycles. The average Bonchev–Trinajstić information content (AvgIpc) is 3.09. The maximum atomic E-state index is 6.17. The third-order valence-electron chi connectivity index (χ3n) is 4.41. The summed E-state index contributed by atoms with van der Waals surface area (Å²) in [6, 6.07) is 8.63. The molecule has 0 amide bonds. The number of nitrogens with two attached hydrogens (primary N) is 1. The second-order valence-corrected chi connectivity index (χ2v) is 5.90. The number of likely N-dealkylation sites (tertiary alicyclic amines) is 1. The molecule has 3 nitrogen and oxygen atoms in total. The highest BCUT2D eigenvalue weighted by Crippen LogP contribution is 2.53. The molecule has 1 saturated carbocycles. The van der Waals surface area contributed by atoms with Crippen LogP contribution in [0.2, 0.25) is 0 Å². The average molecular weight is 246 g/mol. The lowest BCUT2D eigenvalue weighted by atomic mass is 9.89. The lowest BCUT2D eigenvalue weighted by Crippen LogP contribution is -2.51. The Kier molecular flexibility index (Phi) is 2.83. The number of ether oxygens (including phenoxy) is 1. The van der Waals surface area contributed by atoms with Gasteiger partial charge in [0.1, 0.15) is 11.9 Å². The number of rotatable bonds is 4. The van der Waals surface area contributed by atoms with Gasteiger partial charge in [-0.05, 0) is 32.9 Å². The molecule has 2 fully saturated rings. The van der Waals surface area contributed by atoms with Gasteiger partial charge in [0.2, 0.25) is 0 Å². The maximum absolute atomic E-state index is 6.17. The quantitative estimate of drug-likeness (QED) is 0.879. The van der Waals surface area contributed by atoms with Crippen LogP contribution in [-0.2, 0) is 5.41 Å². The van der Waals surface area contributed by atoms with Crippen LogP contribution in [0.15, 0.2) is 24.3 Å². The molecule has 3 rings (SSSR count). The summed E-state index contributed by atoms with van der Waals surface area (Å²) in [6.45, 7) is 4.17. The van der Waals surface area contributed by atoms with Crippen molar-refractivity contribution in [1.29, 1.82) is 0 Å². The van der Waals surface area contributed by atoms with Crippen molar-refractivity contribution in [2.24, 2.45) is 5.73 Å². The molecular weight excluding hydrogens is 224 g/mol. The van der Waals surface area contributed by atoms with Crippen molar-refractivity contribution < 1.29 is 4.74 Å². The zero-order chi connectivity index (χ0) is 12.8. The fourth-order valence-electron chi connectivity index (χ4n) is 2.98. The number of para-hydroxylation sites is 1. The van der Waals surface area contributed by atoms with Crippen LogP contribution in [0.25, 0.3) is 0 Å². The van der Waals surface area contributed by atoms with Crippen molar-refractivity contribution in [1.82, 2.24) is 4.90 Å². The Labute approximate surface area is 109 Å². The predicted molar refractivity (Wildman–Crippen MR) is 72.9 cm³/mol. The molecule has 0 aromatic heterocycles. The standard InChI is InChI=1S/C15H22N2O/c1-11(16)15(7-8-15)13-5-3-4-6-14(13)18-12-9-17(2)10-12/h3-6,11-12H,7-10,16H2,1-2H3. The van der Waals surface area contributed by atoms with Crippen LogP contribution in [0.5, 0.6) is 5.75 Å². The van der Waals surface area contributed by atoms with Crippen molar-refractivity contribution in [3.63, 3.8) is 0 Å². The van der Waals surface area contributed by atoms with Crippen molar-refractivity contribution >= 4 is 0 Å². The van der Waals surface area contributed by atoms with Gasteiger partial charge in [-0.25, -0.2) is 0 Å². The number of nitrogens with zero attached hydrogens (tertiary/aromatic N) is 1. The Bertz CT molecular complexity index is 434. The highest BCUT2D eigenvalue weighted by molar-refractivity contribution is 5.44. The second-order valence-electron chi connectivity index (χ2n) is 5.90. The van der Waals surface area contributed by atoms with Crippen LogP contribution in [0.1, 0.15) is 25.3 Å². The molecule has 1 aromatic carbocycles. The molecule has 0 bridgehead atoms. The van der Waals surface area contributed by atoms with Crippen LogP contribution in [0, 0.1) is 0 Å². The summed E-state index contributed by atoms with van der Waals surface area (Å²) >= 11 is 0. The molecule has 1 saturated heterocycles. The van der Waals surface area contributed by atoms with E-state index in [9.17, 15) is 0 Å². The zero-order valence-corrected chi connectivity index (χ0v) is 11.2. The third kappa shape index (κ3) is 1.91. The molecule has 1 aliphatic carbocycles. The minimum absolute atomic E-state index is 0.173. The van der Waals surface area contributed by atoms with Gasteiger partial charge in [-0.15, -0.1) is 0 Å². The first-order valence-corrected chi connectivity index (χ1v) is 6.82. The molecule has 1 aromatic rings. The van der Waals surface area contributed by atoms with Crippen LogP contribution in [0.3, 0.4) is 0 Å². The first kappa shape index (κ1) is 12.0. The van der Waals surface area contributed by atoms with Gasteiger partial charge < -0.3 is 10.5 Å². The molecule has 0 radical (unpaired) electrons. The number of hydrogen-bond donors (Lipinski definition) is 1. The van der Waals surface area contributed by atoms with Gasteiger partial charge >= 0.3 is 0 Å². The van der Waals surface area contributed by atoms with E-state index in [1.165, 1.54) is 18.4 Å². The van der Waals surface area contributed by atoms with Gasteiger partial charge in [-0.3, -0.25) is 4.90 Å². The van der Waals surface area contributed by atoms with Crippen LogP contribution >= 0.6 is 0 Å². The summed E-state index contributed by atoms with van der Waals surface area (Å²) in [6.07, 6.45) is 2.73. The molecule has 1 atom stereocenters. The van der Waals surface area contributed by atoms with E-state index < -0.39 is 0 Å². The SMILES string of the molecule is CC(N)C1(c2ccccc2OC2CN(C)C2)CC1. The summed E-state index contributed by atoms with van der Waals surface area (Å²) in [5, 5.41) is 0. The van der Waals surface area contributed by atoms with Crippen molar-refractivity contribution in [2.45, 2.75) is 37.3 Å². The highest BCUT2D eigenvalue weighted by Gasteiger charge is 2.49. The van der Waals surface area contributed by atoms with Gasteiger partial charge in [-0.2, -0.15) is 0 Å². The molecular formula is C15H22N2O. The van der Waals surface area contributed by atoms with Crippen molar-refractivity contribution in [2.75, 3.05) is 20.1 Å². The Morgan fingerprint density at radius 3 is 2.56 bits per heavy atom. The molecule has 0 spiro atoms. The Hall–Kier alpha value is -1.06. The van der Waals surface area contributed by atoms with Crippen molar-refractivity contribution in [3.05, 3.63) is 29.8 Å². The van der Waals surface area contributed by atoms with E-state index in [1.807, 2.05) is 0 Å². The molecule has 1 unspecified atom stereocenters. The van der Waals surface area contributed by atoms with Gasteiger partial charge in [0.25, 0.3) is 0 Å². The van der Waals surface area contributed by atoms with Crippen molar-refractivity contribution in [3.8, 4) is 5.75 Å². The predicted octanol–water partition coefficient (Wildman–Crippen LogP) is 1.76. The summed E-state index contributed by atoms with van der Waals surface area (Å²) in [5.74, 6) is 1.05. The summed E-state index contributed by atoms with van der Waals surface area (Å²) in [7, 11) is 2.12. The molecule has 2 N–H and O–H groups in total. The lowest BCUT2D eigenvalue weighted by molar-refractivity contribution is 0.0377. The number of likely N-dealkylation sites (N-methyl/N-ethyl adjacent to an activating group) is 1. The lowest BCUT2D eigenvalue weighted by Gasteiger charge is -2.37. The second kappa shape index (κ2) is 4.25. The van der Waals surface area contributed by atoms with E-state index in [-0.39, 0.29) is 11.5 Å². The molecule has 3 heteroatoms. The Morgan fingerprint density at radius 2 is 2.00 bits per heavy atom. The van der Waals surface area contributed by atoms with E-state index in [0.717, 1.165) is 18.8 Å². The maximum Gasteiger partial charge on any atom is 0.124 e. The summed E-state index contributed by atoms with van der Waals surface area (Å²) in [5.41, 5.74) is 7.66. The molecule has 2 aliphatic rings. The summed E-state index contributed by atoms with van der Waals surface area (Å²) < 4.78 is 6.13. The monoisotopic (exact) mass is 246 g/mol. The Balaban J connectivity index is 1.82. The van der Waals surface area contributed by atoms with Gasteiger partial charge in [-0.1, -0.05) is 18.2 Å². The van der Waals surface area contributed by atoms with E-state index >= 15 is 0 Å². The van der Waals surface area contributed by atoms with Crippen LogP contribution < -0.4 is 10.5 Å². The van der Waals surface area contributed by atoms with Gasteiger partial charge in [0.05, 0.1) is 0 Å². The normalized spacial score (nSPS) is 24.4. The zero-order valence-electron chi connectivity index (χ0n) is 11.2. The first-order chi connectivity index (χ1) is 8.62. The van der Waals surface area contributed by atoms with Gasteiger partial charge in [0.15, 0.2) is 0 Å². The van der Waals surface area contributed by atoms with E-state index in [4.69, 9.17) is 10.5 Å². The smallest absolute Gasteiger partial charge is 0.124 e. The fraction of sp³-hybridized carbons (Fsp3) is 0.600. The fourth-order valence-corrected chi connectivity index (χ4v) is 2.98. The number of benzene rings is 1. The van der Waals surface area contributed by atoms with E-state index in [0.29, 0.717) is 6.10 Å². The van der Waals surface area contributed by atoms with E-state index in [1.54, 1.807) is 0 Å². The Morgan fingerprint density at radius 1 is 1.33 bits per heavy atom. The molecule has 98 valence electrons. The number of hydrogen-bond acceptors (Lipinski definition) is 3. The molecule has 1 aliphatic heterocycles. The topological polar surface area (TPSA) is 38.5 Å². The third-order valence-corrected chi connectivity index (χ3v) is 4.41. The largest absolute Gasteiger partial charge is 0.487 e. The minimum atomic E-state index is 0.173. The summed E-state index contributed by atoms with van der Waals surface area (Å²) in [4.78, 5) is 2.27. The van der Waals surface area contributed by atoms with Crippen LogP contribution in [-0.4, -0.2) is 37.2 Å². The highest BCUT2D eigenvalue weighted by atomic mass is 16.5. The van der Waals surface area contributed by atoms with Gasteiger partial charge in [0, 0.05) is 30.1 Å². The van der Waals surface area contributed by atoms with Crippen LogP contribution in [0.4, 0.5) is 0 Å². The van der Waals surface area contributed by atoms with E-state index in [2.05, 4.69) is 43.1 Å².